The maximum Gasteiger partial charge on any atom is 0.224 e. The molecule has 1 heterocycles. The highest BCUT2D eigenvalue weighted by Gasteiger charge is 2.14. The number of piperidine rings is 1. The third-order valence-electron chi connectivity index (χ3n) is 4.75. The van der Waals surface area contributed by atoms with Crippen molar-refractivity contribution in [2.75, 3.05) is 18.4 Å². The second-order valence-electron chi connectivity index (χ2n) is 6.78. The van der Waals surface area contributed by atoms with Gasteiger partial charge in [-0.2, -0.15) is 0 Å². The Kier molecular flexibility index (Phi) is 8.98. The third-order valence-corrected chi connectivity index (χ3v) is 6.15. The number of halogens is 1. The van der Waals surface area contributed by atoms with Crippen LogP contribution in [0.5, 0.6) is 0 Å². The van der Waals surface area contributed by atoms with Crippen LogP contribution >= 0.6 is 12.4 Å². The fourth-order valence-corrected chi connectivity index (χ4v) is 4.38. The smallest absolute Gasteiger partial charge is 0.224 e. The van der Waals surface area contributed by atoms with Crippen LogP contribution in [0.1, 0.15) is 31.2 Å². The van der Waals surface area contributed by atoms with Crippen LogP contribution in [0, 0.1) is 5.92 Å². The van der Waals surface area contributed by atoms with Gasteiger partial charge in [-0.3, -0.25) is 9.00 Å². The molecule has 2 aromatic carbocycles. The maximum atomic E-state index is 12.4. The highest BCUT2D eigenvalue weighted by Crippen LogP contribution is 2.19. The normalized spacial score (nSPS) is 15.6. The Morgan fingerprint density at radius 3 is 2.56 bits per heavy atom. The molecule has 2 aromatic rings. The summed E-state index contributed by atoms with van der Waals surface area (Å²) in [6.07, 6.45) is 3.83. The Morgan fingerprint density at radius 1 is 1.07 bits per heavy atom. The average molecular weight is 407 g/mol. The minimum atomic E-state index is -1.08. The van der Waals surface area contributed by atoms with Crippen molar-refractivity contribution in [3.63, 3.8) is 0 Å². The number of anilines is 1. The molecule has 1 saturated heterocycles. The summed E-state index contributed by atoms with van der Waals surface area (Å²) in [4.78, 5) is 13.0. The first-order valence-corrected chi connectivity index (χ1v) is 10.6. The standard InChI is InChI=1S/C21H26N2O2S.ClH/c24-21(10-9-17-11-13-22-14-12-17)23-19-6-4-5-18(15-19)16-26(25)20-7-2-1-3-8-20;/h1-8,15,17,22H,9-14,16H2,(H,23,24);1H. The lowest BCUT2D eigenvalue weighted by atomic mass is 9.93. The SMILES string of the molecule is Cl.O=C(CCC1CCNCC1)Nc1cccc(CS(=O)c2ccccc2)c1. The maximum absolute atomic E-state index is 12.4. The van der Waals surface area contributed by atoms with Crippen LogP contribution < -0.4 is 10.6 Å². The van der Waals surface area contributed by atoms with Crippen LogP contribution in [-0.2, 0) is 21.3 Å². The lowest BCUT2D eigenvalue weighted by Crippen LogP contribution is -2.28. The fourth-order valence-electron chi connectivity index (χ4n) is 3.27. The molecule has 27 heavy (non-hydrogen) atoms. The van der Waals surface area contributed by atoms with Gasteiger partial charge >= 0.3 is 0 Å². The van der Waals surface area contributed by atoms with E-state index in [0.29, 0.717) is 18.1 Å². The van der Waals surface area contributed by atoms with Crippen molar-refractivity contribution in [1.82, 2.24) is 5.32 Å². The molecule has 4 nitrogen and oxygen atoms in total. The van der Waals surface area contributed by atoms with E-state index in [1.165, 1.54) is 0 Å². The quantitative estimate of drug-likeness (QED) is 0.726. The van der Waals surface area contributed by atoms with Gasteiger partial charge < -0.3 is 10.6 Å². The number of nitrogens with one attached hydrogen (secondary N) is 2. The van der Waals surface area contributed by atoms with Crippen molar-refractivity contribution in [2.45, 2.75) is 36.3 Å². The zero-order valence-electron chi connectivity index (χ0n) is 15.4. The molecule has 146 valence electrons. The second kappa shape index (κ2) is 11.2. The summed E-state index contributed by atoms with van der Waals surface area (Å²) in [6, 6.07) is 17.1. The van der Waals surface area contributed by atoms with E-state index in [4.69, 9.17) is 0 Å². The number of hydrogen-bond acceptors (Lipinski definition) is 3. The van der Waals surface area contributed by atoms with E-state index in [-0.39, 0.29) is 18.3 Å². The molecule has 0 aromatic heterocycles. The first kappa shape index (κ1) is 21.6. The predicted molar refractivity (Wildman–Crippen MR) is 114 cm³/mol. The topological polar surface area (TPSA) is 58.2 Å². The van der Waals surface area contributed by atoms with Gasteiger partial charge in [0.25, 0.3) is 0 Å². The zero-order chi connectivity index (χ0) is 18.2. The summed E-state index contributed by atoms with van der Waals surface area (Å²) in [5.74, 6) is 1.16. The molecule has 0 bridgehead atoms. The molecule has 1 aliphatic heterocycles. The number of hydrogen-bond donors (Lipinski definition) is 2. The zero-order valence-corrected chi connectivity index (χ0v) is 17.0. The van der Waals surface area contributed by atoms with E-state index >= 15 is 0 Å². The van der Waals surface area contributed by atoms with Crippen molar-refractivity contribution in [3.05, 3.63) is 60.2 Å². The number of amides is 1. The average Bonchev–Trinajstić information content (AvgIpc) is 2.68. The first-order chi connectivity index (χ1) is 12.7. The molecule has 1 unspecified atom stereocenters. The Labute approximate surface area is 170 Å². The molecule has 1 atom stereocenters. The molecule has 1 fully saturated rings. The Hall–Kier alpha value is -1.69. The van der Waals surface area contributed by atoms with Crippen molar-refractivity contribution in [1.29, 1.82) is 0 Å². The van der Waals surface area contributed by atoms with Gasteiger partial charge in [0, 0.05) is 17.0 Å². The van der Waals surface area contributed by atoms with Crippen LogP contribution in [0.4, 0.5) is 5.69 Å². The van der Waals surface area contributed by atoms with Gasteiger partial charge in [-0.05, 0) is 68.1 Å². The molecule has 0 spiro atoms. The molecule has 2 N–H and O–H groups in total. The van der Waals surface area contributed by atoms with Crippen molar-refractivity contribution in [3.8, 4) is 0 Å². The van der Waals surface area contributed by atoms with Gasteiger partial charge in [-0.15, -0.1) is 12.4 Å². The molecule has 0 aliphatic carbocycles. The van der Waals surface area contributed by atoms with Crippen molar-refractivity contribution >= 4 is 34.8 Å². The van der Waals surface area contributed by atoms with Gasteiger partial charge in [0.2, 0.25) is 5.91 Å². The molecule has 6 heteroatoms. The van der Waals surface area contributed by atoms with Gasteiger partial charge in [0.05, 0.1) is 16.6 Å². The number of carbonyl (C=O) groups excluding carboxylic acids is 1. The van der Waals surface area contributed by atoms with E-state index in [9.17, 15) is 9.00 Å². The van der Waals surface area contributed by atoms with E-state index in [0.717, 1.165) is 48.5 Å². The lowest BCUT2D eigenvalue weighted by molar-refractivity contribution is -0.116. The molecule has 0 saturated carbocycles. The number of rotatable bonds is 7. The van der Waals surface area contributed by atoms with Crippen LogP contribution in [-0.4, -0.2) is 23.2 Å². The van der Waals surface area contributed by atoms with Gasteiger partial charge in [-0.1, -0.05) is 30.3 Å². The van der Waals surface area contributed by atoms with Gasteiger partial charge in [0.15, 0.2) is 0 Å². The second-order valence-corrected chi connectivity index (χ2v) is 8.23. The van der Waals surface area contributed by atoms with Crippen LogP contribution in [0.3, 0.4) is 0 Å². The fraction of sp³-hybridized carbons (Fsp3) is 0.381. The van der Waals surface area contributed by atoms with Crippen LogP contribution in [0.15, 0.2) is 59.5 Å². The summed E-state index contributed by atoms with van der Waals surface area (Å²) in [6.45, 7) is 2.12. The Balaban J connectivity index is 0.00000261. The van der Waals surface area contributed by atoms with Crippen molar-refractivity contribution in [2.24, 2.45) is 5.92 Å². The molecular formula is C21H27ClN2O2S. The van der Waals surface area contributed by atoms with Gasteiger partial charge in [0.1, 0.15) is 0 Å². The minimum Gasteiger partial charge on any atom is -0.326 e. The largest absolute Gasteiger partial charge is 0.326 e. The molecule has 1 aliphatic rings. The van der Waals surface area contributed by atoms with Gasteiger partial charge in [-0.25, -0.2) is 0 Å². The molecular weight excluding hydrogens is 380 g/mol. The monoisotopic (exact) mass is 406 g/mol. The highest BCUT2D eigenvalue weighted by molar-refractivity contribution is 7.84. The molecule has 1 amide bonds. The summed E-state index contributed by atoms with van der Waals surface area (Å²) in [5, 5.41) is 6.33. The molecule has 0 radical (unpaired) electrons. The first-order valence-electron chi connectivity index (χ1n) is 9.23. The molecule has 3 rings (SSSR count). The predicted octanol–water partition coefficient (Wildman–Crippen LogP) is 4.13. The Bertz CT molecular complexity index is 749. The lowest BCUT2D eigenvalue weighted by Gasteiger charge is -2.22. The Morgan fingerprint density at radius 2 is 1.81 bits per heavy atom. The number of benzene rings is 2. The minimum absolute atomic E-state index is 0. The third kappa shape index (κ3) is 7.09. The van der Waals surface area contributed by atoms with E-state index in [2.05, 4.69) is 10.6 Å². The van der Waals surface area contributed by atoms with Crippen molar-refractivity contribution < 1.29 is 9.00 Å². The van der Waals surface area contributed by atoms with E-state index in [1.807, 2.05) is 54.6 Å². The van der Waals surface area contributed by atoms with E-state index in [1.54, 1.807) is 0 Å². The van der Waals surface area contributed by atoms with Crippen LogP contribution in [0.25, 0.3) is 0 Å². The highest BCUT2D eigenvalue weighted by atomic mass is 35.5. The summed E-state index contributed by atoms with van der Waals surface area (Å²) in [5.41, 5.74) is 1.74. The van der Waals surface area contributed by atoms with Crippen LogP contribution in [0.2, 0.25) is 0 Å². The van der Waals surface area contributed by atoms with E-state index < -0.39 is 10.8 Å². The number of carbonyl (C=O) groups is 1. The summed E-state index contributed by atoms with van der Waals surface area (Å²) in [7, 11) is -1.08. The summed E-state index contributed by atoms with van der Waals surface area (Å²) >= 11 is 0. The summed E-state index contributed by atoms with van der Waals surface area (Å²) < 4.78 is 12.4.